The molecule has 0 radical (unpaired) electrons. The van der Waals surface area contributed by atoms with Gasteiger partial charge < -0.3 is 10.1 Å². The standard InChI is InChI=1S/C22H26N2O4S/c1-2-28-19-11-10-18(16-20(19)29(26,27)24-14-6-7-15-24)23-21(25)22(12-13-22)17-8-4-3-5-9-17/h3-5,8-11,16H,2,6-7,12-15H2,1H3,(H,23,25). The topological polar surface area (TPSA) is 75.7 Å². The van der Waals surface area contributed by atoms with Gasteiger partial charge in [0.15, 0.2) is 0 Å². The van der Waals surface area contributed by atoms with Gasteiger partial charge in [-0.25, -0.2) is 8.42 Å². The van der Waals surface area contributed by atoms with Crippen molar-refractivity contribution in [3.8, 4) is 5.75 Å². The normalized spacial score (nSPS) is 18.4. The van der Waals surface area contributed by atoms with Gasteiger partial charge in [-0.15, -0.1) is 0 Å². The Morgan fingerprint density at radius 1 is 1.10 bits per heavy atom. The van der Waals surface area contributed by atoms with Crippen LogP contribution in [0.2, 0.25) is 0 Å². The first-order chi connectivity index (χ1) is 14.0. The zero-order valence-corrected chi connectivity index (χ0v) is 17.4. The Morgan fingerprint density at radius 3 is 2.41 bits per heavy atom. The number of ether oxygens (including phenoxy) is 1. The van der Waals surface area contributed by atoms with E-state index in [1.165, 1.54) is 10.4 Å². The molecule has 2 aliphatic rings. The smallest absolute Gasteiger partial charge is 0.246 e. The first-order valence-electron chi connectivity index (χ1n) is 10.1. The Balaban J connectivity index is 1.63. The maximum Gasteiger partial charge on any atom is 0.246 e. The number of nitrogens with zero attached hydrogens (tertiary/aromatic N) is 1. The zero-order valence-electron chi connectivity index (χ0n) is 16.6. The van der Waals surface area contributed by atoms with Gasteiger partial charge in [0, 0.05) is 18.8 Å². The molecular formula is C22H26N2O4S. The molecule has 29 heavy (non-hydrogen) atoms. The van der Waals surface area contributed by atoms with Gasteiger partial charge in [-0.1, -0.05) is 30.3 Å². The van der Waals surface area contributed by atoms with E-state index in [4.69, 9.17) is 4.74 Å². The summed E-state index contributed by atoms with van der Waals surface area (Å²) in [5.74, 6) is 0.221. The quantitative estimate of drug-likeness (QED) is 0.752. The fourth-order valence-electron chi connectivity index (χ4n) is 3.91. The van der Waals surface area contributed by atoms with Crippen LogP contribution in [0.5, 0.6) is 5.75 Å². The molecule has 1 saturated carbocycles. The molecule has 1 saturated heterocycles. The number of carbonyl (C=O) groups is 1. The minimum Gasteiger partial charge on any atom is -0.492 e. The Kier molecular flexibility index (Phi) is 5.36. The van der Waals surface area contributed by atoms with E-state index in [1.807, 2.05) is 37.3 Å². The van der Waals surface area contributed by atoms with Crippen LogP contribution in [0.15, 0.2) is 53.4 Å². The van der Waals surface area contributed by atoms with Gasteiger partial charge in [0.2, 0.25) is 15.9 Å². The van der Waals surface area contributed by atoms with Crippen molar-refractivity contribution in [2.24, 2.45) is 0 Å². The van der Waals surface area contributed by atoms with Crippen molar-refractivity contribution in [1.82, 2.24) is 4.31 Å². The highest BCUT2D eigenvalue weighted by atomic mass is 32.2. The van der Waals surface area contributed by atoms with Crippen LogP contribution >= 0.6 is 0 Å². The van der Waals surface area contributed by atoms with Crippen molar-refractivity contribution < 1.29 is 17.9 Å². The summed E-state index contributed by atoms with van der Waals surface area (Å²) in [4.78, 5) is 13.1. The lowest BCUT2D eigenvalue weighted by molar-refractivity contribution is -0.118. The van der Waals surface area contributed by atoms with Gasteiger partial charge in [0.05, 0.1) is 12.0 Å². The van der Waals surface area contributed by atoms with Crippen molar-refractivity contribution in [3.63, 3.8) is 0 Å². The molecule has 0 aromatic heterocycles. The number of rotatable bonds is 7. The number of benzene rings is 2. The van der Waals surface area contributed by atoms with E-state index in [0.717, 1.165) is 31.2 Å². The molecular weight excluding hydrogens is 388 g/mol. The predicted molar refractivity (Wildman–Crippen MR) is 112 cm³/mol. The predicted octanol–water partition coefficient (Wildman–Crippen LogP) is 3.54. The van der Waals surface area contributed by atoms with E-state index in [2.05, 4.69) is 5.32 Å². The average Bonchev–Trinajstić information content (AvgIpc) is 3.35. The molecule has 2 fully saturated rings. The van der Waals surface area contributed by atoms with Crippen LogP contribution in [0.4, 0.5) is 5.69 Å². The Morgan fingerprint density at radius 2 is 1.79 bits per heavy atom. The maximum atomic E-state index is 13.1. The maximum absolute atomic E-state index is 13.1. The van der Waals surface area contributed by atoms with Gasteiger partial charge in [0.25, 0.3) is 0 Å². The number of hydrogen-bond donors (Lipinski definition) is 1. The molecule has 154 valence electrons. The molecule has 2 aromatic carbocycles. The summed E-state index contributed by atoms with van der Waals surface area (Å²) in [5.41, 5.74) is 0.945. The number of nitrogens with one attached hydrogen (secondary N) is 1. The number of carbonyl (C=O) groups excluding carboxylic acids is 1. The minimum absolute atomic E-state index is 0.0996. The molecule has 0 bridgehead atoms. The van der Waals surface area contributed by atoms with Crippen LogP contribution in [-0.2, 0) is 20.2 Å². The number of hydrogen-bond acceptors (Lipinski definition) is 4. The van der Waals surface area contributed by atoms with Crippen LogP contribution < -0.4 is 10.1 Å². The first kappa shape index (κ1) is 19.9. The van der Waals surface area contributed by atoms with Gasteiger partial charge in [-0.05, 0) is 56.4 Å². The molecule has 1 aliphatic carbocycles. The monoisotopic (exact) mass is 414 g/mol. The van der Waals surface area contributed by atoms with E-state index in [1.54, 1.807) is 12.1 Å². The van der Waals surface area contributed by atoms with Gasteiger partial charge in [-0.3, -0.25) is 4.79 Å². The SMILES string of the molecule is CCOc1ccc(NC(=O)C2(c3ccccc3)CC2)cc1S(=O)(=O)N1CCCC1. The molecule has 7 heteroatoms. The average molecular weight is 415 g/mol. The number of sulfonamides is 1. The van der Waals surface area contributed by atoms with Gasteiger partial charge in [0.1, 0.15) is 10.6 Å². The summed E-state index contributed by atoms with van der Waals surface area (Å²) >= 11 is 0. The van der Waals surface area contributed by atoms with E-state index in [0.29, 0.717) is 31.1 Å². The van der Waals surface area contributed by atoms with E-state index in [9.17, 15) is 13.2 Å². The summed E-state index contributed by atoms with van der Waals surface area (Å²) in [7, 11) is -3.66. The Hall–Kier alpha value is -2.38. The second-order valence-corrected chi connectivity index (χ2v) is 9.51. The molecule has 1 amide bonds. The molecule has 0 spiro atoms. The summed E-state index contributed by atoms with van der Waals surface area (Å²) in [6, 6.07) is 14.6. The molecule has 1 N–H and O–H groups in total. The fraction of sp³-hybridized carbons (Fsp3) is 0.409. The van der Waals surface area contributed by atoms with Crippen LogP contribution in [-0.4, -0.2) is 38.3 Å². The summed E-state index contributed by atoms with van der Waals surface area (Å²) < 4.78 is 33.3. The lowest BCUT2D eigenvalue weighted by Crippen LogP contribution is -2.29. The van der Waals surface area contributed by atoms with Crippen LogP contribution in [0.3, 0.4) is 0 Å². The lowest BCUT2D eigenvalue weighted by atomic mass is 9.95. The third-order valence-corrected chi connectivity index (χ3v) is 7.62. The summed E-state index contributed by atoms with van der Waals surface area (Å²) in [6.07, 6.45) is 3.30. The second-order valence-electron chi connectivity index (χ2n) is 7.61. The van der Waals surface area contributed by atoms with Crippen LogP contribution in [0, 0.1) is 0 Å². The van der Waals surface area contributed by atoms with Crippen LogP contribution in [0.1, 0.15) is 38.2 Å². The van der Waals surface area contributed by atoms with Gasteiger partial charge in [-0.2, -0.15) is 4.31 Å². The third kappa shape index (κ3) is 3.76. The molecule has 0 atom stereocenters. The summed E-state index contributed by atoms with van der Waals surface area (Å²) in [6.45, 7) is 3.22. The largest absolute Gasteiger partial charge is 0.492 e. The Labute approximate surface area is 171 Å². The molecule has 1 aliphatic heterocycles. The fourth-order valence-corrected chi connectivity index (χ4v) is 5.58. The Bertz CT molecular complexity index is 995. The van der Waals surface area contributed by atoms with Crippen molar-refractivity contribution >= 4 is 21.6 Å². The zero-order chi connectivity index (χ0) is 20.5. The van der Waals surface area contributed by atoms with E-state index >= 15 is 0 Å². The van der Waals surface area contributed by atoms with E-state index in [-0.39, 0.29) is 10.8 Å². The summed E-state index contributed by atoms with van der Waals surface area (Å²) in [5, 5.41) is 2.94. The highest BCUT2D eigenvalue weighted by molar-refractivity contribution is 7.89. The first-order valence-corrected chi connectivity index (χ1v) is 11.6. The highest BCUT2D eigenvalue weighted by Gasteiger charge is 2.51. The second kappa shape index (κ2) is 7.80. The van der Waals surface area contributed by atoms with Crippen LogP contribution in [0.25, 0.3) is 0 Å². The van der Waals surface area contributed by atoms with E-state index < -0.39 is 15.4 Å². The molecule has 4 rings (SSSR count). The van der Waals surface area contributed by atoms with Crippen molar-refractivity contribution in [1.29, 1.82) is 0 Å². The molecule has 6 nitrogen and oxygen atoms in total. The van der Waals surface area contributed by atoms with Crippen molar-refractivity contribution in [2.75, 3.05) is 25.0 Å². The molecule has 2 aromatic rings. The van der Waals surface area contributed by atoms with Crippen molar-refractivity contribution in [3.05, 3.63) is 54.1 Å². The number of amides is 1. The lowest BCUT2D eigenvalue weighted by Gasteiger charge is -2.20. The minimum atomic E-state index is -3.66. The van der Waals surface area contributed by atoms with Gasteiger partial charge >= 0.3 is 0 Å². The number of anilines is 1. The third-order valence-electron chi connectivity index (χ3n) is 5.70. The molecule has 0 unspecified atom stereocenters. The molecule has 1 heterocycles. The van der Waals surface area contributed by atoms with Crippen molar-refractivity contribution in [2.45, 2.75) is 42.9 Å². The highest BCUT2D eigenvalue weighted by Crippen LogP contribution is 2.49.